The molecule has 2 rings (SSSR count). The summed E-state index contributed by atoms with van der Waals surface area (Å²) in [5.41, 5.74) is 0.859. The van der Waals surface area contributed by atoms with Gasteiger partial charge in [0.25, 0.3) is 0 Å². The summed E-state index contributed by atoms with van der Waals surface area (Å²) in [4.78, 5) is 11.9. The molecule has 21 heavy (non-hydrogen) atoms. The van der Waals surface area contributed by atoms with E-state index in [1.807, 2.05) is 6.92 Å². The summed E-state index contributed by atoms with van der Waals surface area (Å²) >= 11 is 3.36. The van der Waals surface area contributed by atoms with Gasteiger partial charge in [-0.15, -0.1) is 0 Å². The number of hydrogen-bond donors (Lipinski definition) is 0. The van der Waals surface area contributed by atoms with Gasteiger partial charge in [0.2, 0.25) is 10.0 Å². The second-order valence-corrected chi connectivity index (χ2v) is 7.93. The maximum Gasteiger partial charge on any atom is 0.309 e. The molecule has 1 aromatic rings. The Morgan fingerprint density at radius 1 is 1.43 bits per heavy atom. The lowest BCUT2D eigenvalue weighted by atomic mass is 10.0. The van der Waals surface area contributed by atoms with E-state index in [0.717, 1.165) is 10.0 Å². The summed E-state index contributed by atoms with van der Waals surface area (Å²) < 4.78 is 32.3. The molecule has 1 atom stereocenters. The molecular weight excluding hydrogens is 358 g/mol. The predicted octanol–water partition coefficient (Wildman–Crippen LogP) is 2.33. The van der Waals surface area contributed by atoms with Crippen LogP contribution in [0.5, 0.6) is 0 Å². The van der Waals surface area contributed by atoms with Crippen molar-refractivity contribution >= 4 is 31.9 Å². The Morgan fingerprint density at radius 2 is 2.14 bits per heavy atom. The summed E-state index contributed by atoms with van der Waals surface area (Å²) in [7, 11) is -2.24. The molecule has 1 fully saturated rings. The maximum absolute atomic E-state index is 12.7. The van der Waals surface area contributed by atoms with Crippen molar-refractivity contribution in [2.24, 2.45) is 5.92 Å². The first-order valence-electron chi connectivity index (χ1n) is 6.70. The highest BCUT2D eigenvalue weighted by Crippen LogP contribution is 2.26. The molecule has 0 spiro atoms. The lowest BCUT2D eigenvalue weighted by Crippen LogP contribution is -2.42. The van der Waals surface area contributed by atoms with E-state index < -0.39 is 10.0 Å². The Kier molecular flexibility index (Phi) is 5.06. The number of piperidine rings is 1. The lowest BCUT2D eigenvalue weighted by molar-refractivity contribution is -0.146. The van der Waals surface area contributed by atoms with Crippen LogP contribution in [0, 0.1) is 12.8 Å². The average Bonchev–Trinajstić information content (AvgIpc) is 2.49. The van der Waals surface area contributed by atoms with E-state index in [-0.39, 0.29) is 23.3 Å². The minimum atomic E-state index is -3.57. The van der Waals surface area contributed by atoms with Crippen LogP contribution in [0.1, 0.15) is 18.4 Å². The van der Waals surface area contributed by atoms with E-state index in [1.54, 1.807) is 18.2 Å². The van der Waals surface area contributed by atoms with E-state index in [2.05, 4.69) is 15.9 Å². The second-order valence-electron chi connectivity index (χ2n) is 5.14. The number of benzene rings is 1. The quantitative estimate of drug-likeness (QED) is 0.760. The van der Waals surface area contributed by atoms with Gasteiger partial charge in [0.05, 0.1) is 17.9 Å². The number of ether oxygens (including phenoxy) is 1. The van der Waals surface area contributed by atoms with Crippen molar-refractivity contribution < 1.29 is 17.9 Å². The van der Waals surface area contributed by atoms with Gasteiger partial charge in [-0.1, -0.05) is 15.9 Å². The number of halogens is 1. The van der Waals surface area contributed by atoms with Gasteiger partial charge in [0.1, 0.15) is 0 Å². The van der Waals surface area contributed by atoms with Crippen LogP contribution < -0.4 is 0 Å². The first-order chi connectivity index (χ1) is 9.86. The van der Waals surface area contributed by atoms with Gasteiger partial charge < -0.3 is 4.74 Å². The predicted molar refractivity (Wildman–Crippen MR) is 82.4 cm³/mol. The summed E-state index contributed by atoms with van der Waals surface area (Å²) in [5, 5.41) is 0. The van der Waals surface area contributed by atoms with Crippen molar-refractivity contribution in [2.75, 3.05) is 20.2 Å². The molecule has 0 amide bonds. The van der Waals surface area contributed by atoms with Crippen LogP contribution in [0.2, 0.25) is 0 Å². The molecule has 0 bridgehead atoms. The number of carbonyl (C=O) groups excluding carboxylic acids is 1. The zero-order valence-electron chi connectivity index (χ0n) is 12.0. The van der Waals surface area contributed by atoms with Gasteiger partial charge in [0.15, 0.2) is 0 Å². The molecule has 1 heterocycles. The Bertz CT molecular complexity index is 644. The van der Waals surface area contributed by atoms with E-state index in [4.69, 9.17) is 4.74 Å². The highest BCUT2D eigenvalue weighted by molar-refractivity contribution is 9.10. The van der Waals surface area contributed by atoms with E-state index in [9.17, 15) is 13.2 Å². The van der Waals surface area contributed by atoms with Crippen LogP contribution in [-0.2, 0) is 19.6 Å². The van der Waals surface area contributed by atoms with Gasteiger partial charge in [0, 0.05) is 17.6 Å². The average molecular weight is 376 g/mol. The Balaban J connectivity index is 2.26. The van der Waals surface area contributed by atoms with Gasteiger partial charge in [-0.2, -0.15) is 4.31 Å². The second kappa shape index (κ2) is 6.46. The van der Waals surface area contributed by atoms with Gasteiger partial charge in [-0.25, -0.2) is 8.42 Å². The number of nitrogens with zero attached hydrogens (tertiary/aromatic N) is 1. The smallest absolute Gasteiger partial charge is 0.309 e. The fourth-order valence-electron chi connectivity index (χ4n) is 2.45. The molecule has 1 saturated heterocycles. The minimum Gasteiger partial charge on any atom is -0.469 e. The topological polar surface area (TPSA) is 63.7 Å². The van der Waals surface area contributed by atoms with Crippen LogP contribution in [0.25, 0.3) is 0 Å². The number of rotatable bonds is 3. The summed E-state index contributed by atoms with van der Waals surface area (Å²) in [6, 6.07) is 4.94. The first kappa shape index (κ1) is 16.5. The van der Waals surface area contributed by atoms with Crippen LogP contribution >= 0.6 is 15.9 Å². The third-order valence-corrected chi connectivity index (χ3v) is 6.44. The number of carbonyl (C=O) groups is 1. The maximum atomic E-state index is 12.7. The number of aryl methyl sites for hydroxylation is 1. The molecule has 0 aromatic heterocycles. The van der Waals surface area contributed by atoms with Crippen LogP contribution in [0.3, 0.4) is 0 Å². The monoisotopic (exact) mass is 375 g/mol. The molecule has 0 N–H and O–H groups in total. The van der Waals surface area contributed by atoms with Gasteiger partial charge in [-0.05, 0) is 43.5 Å². The minimum absolute atomic E-state index is 0.185. The van der Waals surface area contributed by atoms with Crippen molar-refractivity contribution in [3.8, 4) is 0 Å². The lowest BCUT2D eigenvalue weighted by Gasteiger charge is -2.30. The molecular formula is C14H18BrNO4S. The molecule has 0 aliphatic carbocycles. The number of sulfonamides is 1. The molecule has 1 aliphatic rings. The Labute approximate surface area is 133 Å². The zero-order chi connectivity index (χ0) is 15.6. The molecule has 1 aromatic carbocycles. The standard InChI is InChI=1S/C14H18BrNO4S/c1-10-8-12(5-6-13(10)15)21(18,19)16-7-3-4-11(9-16)14(17)20-2/h5-6,8,11H,3-4,7,9H2,1-2H3/t11-/m0/s1. The fourth-order valence-corrected chi connectivity index (χ4v) is 4.30. The van der Waals surface area contributed by atoms with Gasteiger partial charge >= 0.3 is 5.97 Å². The number of esters is 1. The summed E-state index contributed by atoms with van der Waals surface area (Å²) in [5.74, 6) is -0.725. The number of methoxy groups -OCH3 is 1. The van der Waals surface area contributed by atoms with Crippen LogP contribution in [0.4, 0.5) is 0 Å². The third-order valence-electron chi connectivity index (χ3n) is 3.69. The van der Waals surface area contributed by atoms with Crippen molar-refractivity contribution in [3.63, 3.8) is 0 Å². The normalized spacial score (nSPS) is 20.2. The van der Waals surface area contributed by atoms with Crippen molar-refractivity contribution in [1.82, 2.24) is 4.31 Å². The highest BCUT2D eigenvalue weighted by Gasteiger charge is 2.33. The molecule has 0 radical (unpaired) electrons. The van der Waals surface area contributed by atoms with E-state index in [1.165, 1.54) is 11.4 Å². The summed E-state index contributed by atoms with van der Waals surface area (Å²) in [6.07, 6.45) is 1.33. The molecule has 5 nitrogen and oxygen atoms in total. The number of hydrogen-bond acceptors (Lipinski definition) is 4. The Hall–Kier alpha value is -0.920. The summed E-state index contributed by atoms with van der Waals surface area (Å²) in [6.45, 7) is 2.46. The molecule has 116 valence electrons. The third kappa shape index (κ3) is 3.46. The van der Waals surface area contributed by atoms with Crippen molar-refractivity contribution in [3.05, 3.63) is 28.2 Å². The van der Waals surface area contributed by atoms with Crippen LogP contribution in [0.15, 0.2) is 27.6 Å². The van der Waals surface area contributed by atoms with Crippen molar-refractivity contribution in [1.29, 1.82) is 0 Å². The molecule has 0 unspecified atom stereocenters. The van der Waals surface area contributed by atoms with E-state index >= 15 is 0 Å². The molecule has 7 heteroatoms. The van der Waals surface area contributed by atoms with Crippen molar-refractivity contribution in [2.45, 2.75) is 24.7 Å². The highest BCUT2D eigenvalue weighted by atomic mass is 79.9. The first-order valence-corrected chi connectivity index (χ1v) is 8.93. The van der Waals surface area contributed by atoms with Crippen LogP contribution in [-0.4, -0.2) is 38.9 Å². The molecule has 0 saturated carbocycles. The molecule has 1 aliphatic heterocycles. The van der Waals surface area contributed by atoms with E-state index in [0.29, 0.717) is 19.4 Å². The SMILES string of the molecule is COC(=O)[C@H]1CCCN(S(=O)(=O)c2ccc(Br)c(C)c2)C1. The fraction of sp³-hybridized carbons (Fsp3) is 0.500. The Morgan fingerprint density at radius 3 is 2.76 bits per heavy atom. The van der Waals surface area contributed by atoms with Gasteiger partial charge in [-0.3, -0.25) is 4.79 Å². The zero-order valence-corrected chi connectivity index (χ0v) is 14.4. The largest absolute Gasteiger partial charge is 0.469 e.